The molecule has 2 aromatic heterocycles. The second kappa shape index (κ2) is 7.38. The van der Waals surface area contributed by atoms with Gasteiger partial charge in [-0.1, -0.05) is 41.7 Å². The molecule has 4 aromatic rings. The maximum atomic E-state index is 14.9. The van der Waals surface area contributed by atoms with Crippen LogP contribution in [-0.2, 0) is 4.74 Å². The number of carbonyl (C=O) groups excluding carboxylic acids is 2. The number of fused-ring (bicyclic) bond motifs is 2. The topological polar surface area (TPSA) is 89.7 Å². The first-order valence-electron chi connectivity index (χ1n) is 9.61. The number of para-hydroxylation sites is 1. The zero-order chi connectivity index (χ0) is 22.6. The highest BCUT2D eigenvalue weighted by Gasteiger charge is 2.46. The summed E-state index contributed by atoms with van der Waals surface area (Å²) in [6, 6.07) is 11.4. The van der Waals surface area contributed by atoms with Gasteiger partial charge in [0.2, 0.25) is 5.76 Å². The summed E-state index contributed by atoms with van der Waals surface area (Å²) in [4.78, 5) is 44.8. The van der Waals surface area contributed by atoms with Gasteiger partial charge in [-0.2, -0.15) is 0 Å². The molecule has 1 aliphatic heterocycles. The molecule has 9 heteroatoms. The Morgan fingerprint density at radius 1 is 1.16 bits per heavy atom. The van der Waals surface area contributed by atoms with E-state index in [9.17, 15) is 18.8 Å². The lowest BCUT2D eigenvalue weighted by molar-refractivity contribution is 0.0605. The van der Waals surface area contributed by atoms with Crippen LogP contribution in [0.3, 0.4) is 0 Å². The van der Waals surface area contributed by atoms with Crippen LogP contribution in [-0.4, -0.2) is 24.0 Å². The normalized spacial score (nSPS) is 15.3. The Morgan fingerprint density at radius 2 is 1.88 bits per heavy atom. The predicted molar refractivity (Wildman–Crippen MR) is 116 cm³/mol. The molecule has 32 heavy (non-hydrogen) atoms. The number of nitrogens with zero attached hydrogens (tertiary/aromatic N) is 2. The average molecular weight is 450 g/mol. The molecular weight excluding hydrogens is 435 g/mol. The van der Waals surface area contributed by atoms with Crippen LogP contribution in [0.5, 0.6) is 0 Å². The fraction of sp³-hybridized carbons (Fsp3) is 0.130. The predicted octanol–water partition coefficient (Wildman–Crippen LogP) is 4.23. The summed E-state index contributed by atoms with van der Waals surface area (Å²) in [6.45, 7) is 1.61. The molecule has 0 unspecified atom stereocenters. The van der Waals surface area contributed by atoms with Gasteiger partial charge in [0, 0.05) is 5.56 Å². The molecule has 2 aromatic carbocycles. The van der Waals surface area contributed by atoms with Gasteiger partial charge in [-0.25, -0.2) is 14.2 Å². The van der Waals surface area contributed by atoms with Crippen LogP contribution in [0.1, 0.15) is 43.1 Å². The van der Waals surface area contributed by atoms with Crippen molar-refractivity contribution in [2.24, 2.45) is 0 Å². The third-order valence-electron chi connectivity index (χ3n) is 5.34. The van der Waals surface area contributed by atoms with E-state index in [2.05, 4.69) is 4.98 Å². The van der Waals surface area contributed by atoms with E-state index in [0.717, 1.165) is 11.3 Å². The Kier molecular flexibility index (Phi) is 4.63. The number of ether oxygens (including phenoxy) is 1. The molecule has 3 heterocycles. The maximum absolute atomic E-state index is 14.9. The number of esters is 1. The minimum Gasteiger partial charge on any atom is -0.465 e. The van der Waals surface area contributed by atoms with E-state index in [1.54, 1.807) is 37.3 Å². The highest BCUT2D eigenvalue weighted by atomic mass is 32.1. The summed E-state index contributed by atoms with van der Waals surface area (Å²) in [5.41, 5.74) is 0.343. The molecule has 0 aliphatic carbocycles. The van der Waals surface area contributed by atoms with Crippen molar-refractivity contribution in [1.29, 1.82) is 0 Å². The number of thiazole rings is 1. The van der Waals surface area contributed by atoms with Crippen LogP contribution >= 0.6 is 11.3 Å². The summed E-state index contributed by atoms with van der Waals surface area (Å²) < 4.78 is 25.5. The smallest absolute Gasteiger partial charge is 0.350 e. The molecule has 0 saturated carbocycles. The van der Waals surface area contributed by atoms with Crippen LogP contribution in [0.2, 0.25) is 0 Å². The number of hydrogen-bond acceptors (Lipinski definition) is 7. The fourth-order valence-corrected chi connectivity index (χ4v) is 4.89. The van der Waals surface area contributed by atoms with E-state index in [4.69, 9.17) is 9.15 Å². The minimum absolute atomic E-state index is 0.0336. The Balaban J connectivity index is 1.80. The van der Waals surface area contributed by atoms with E-state index < -0.39 is 29.2 Å². The van der Waals surface area contributed by atoms with E-state index in [0.29, 0.717) is 5.69 Å². The lowest BCUT2D eigenvalue weighted by Crippen LogP contribution is -2.30. The first-order chi connectivity index (χ1) is 15.4. The number of methoxy groups -OCH3 is 1. The van der Waals surface area contributed by atoms with E-state index in [1.807, 2.05) is 0 Å². The molecule has 7 nitrogen and oxygen atoms in total. The second-order valence-electron chi connectivity index (χ2n) is 7.17. The monoisotopic (exact) mass is 450 g/mol. The summed E-state index contributed by atoms with van der Waals surface area (Å²) in [5.74, 6) is -1.99. The zero-order valence-electron chi connectivity index (χ0n) is 16.9. The SMILES string of the molecule is COC(=O)c1sc(N2C(=O)c3oc4ccccc4c(=O)c3[C@H]2c2ccccc2F)nc1C. The van der Waals surface area contributed by atoms with Gasteiger partial charge in [0.1, 0.15) is 22.3 Å². The van der Waals surface area contributed by atoms with Gasteiger partial charge in [0.05, 0.1) is 23.8 Å². The maximum Gasteiger partial charge on any atom is 0.350 e. The first kappa shape index (κ1) is 20.1. The van der Waals surface area contributed by atoms with Crippen molar-refractivity contribution in [3.05, 3.63) is 92.0 Å². The fourth-order valence-electron chi connectivity index (χ4n) is 3.88. The summed E-state index contributed by atoms with van der Waals surface area (Å²) >= 11 is 0.932. The van der Waals surface area contributed by atoms with Crippen molar-refractivity contribution in [2.45, 2.75) is 13.0 Å². The molecule has 0 saturated heterocycles. The number of halogens is 1. The number of aromatic nitrogens is 1. The Hall–Kier alpha value is -3.85. The molecule has 1 atom stereocenters. The number of anilines is 1. The Morgan fingerprint density at radius 3 is 2.62 bits per heavy atom. The number of carbonyl (C=O) groups is 2. The first-order valence-corrected chi connectivity index (χ1v) is 10.4. The van der Waals surface area contributed by atoms with Gasteiger partial charge in [0.25, 0.3) is 5.91 Å². The van der Waals surface area contributed by atoms with Gasteiger partial charge in [-0.3, -0.25) is 14.5 Å². The van der Waals surface area contributed by atoms with Crippen LogP contribution in [0.15, 0.2) is 57.7 Å². The molecule has 1 aliphatic rings. The number of benzene rings is 2. The number of rotatable bonds is 3. The van der Waals surface area contributed by atoms with Gasteiger partial charge >= 0.3 is 5.97 Å². The van der Waals surface area contributed by atoms with Crippen molar-refractivity contribution >= 4 is 39.3 Å². The van der Waals surface area contributed by atoms with E-state index in [-0.39, 0.29) is 37.9 Å². The standard InChI is InChI=1S/C23H15FN2O5S/c1-11-20(22(29)30-2)32-23(25-11)26-17(12-7-3-5-9-14(12)24)16-18(27)13-8-4-6-10-15(13)31-19(16)21(26)28/h3-10,17H,1-2H3/t17-/m1/s1. The zero-order valence-corrected chi connectivity index (χ0v) is 17.7. The highest BCUT2D eigenvalue weighted by molar-refractivity contribution is 7.17. The largest absolute Gasteiger partial charge is 0.465 e. The molecule has 0 fully saturated rings. The van der Waals surface area contributed by atoms with Crippen LogP contribution < -0.4 is 10.3 Å². The van der Waals surface area contributed by atoms with Crippen molar-refractivity contribution in [3.63, 3.8) is 0 Å². The lowest BCUT2D eigenvalue weighted by Gasteiger charge is -2.22. The Labute approximate surface area is 184 Å². The van der Waals surface area contributed by atoms with Gasteiger partial charge < -0.3 is 9.15 Å². The second-order valence-corrected chi connectivity index (χ2v) is 8.15. The molecular formula is C23H15FN2O5S. The Bertz CT molecular complexity index is 1480. The quantitative estimate of drug-likeness (QED) is 0.434. The number of amides is 1. The summed E-state index contributed by atoms with van der Waals surface area (Å²) in [5, 5.41) is 0.420. The third kappa shape index (κ3) is 2.85. The molecule has 5 rings (SSSR count). The van der Waals surface area contributed by atoms with Crippen molar-refractivity contribution in [1.82, 2.24) is 4.98 Å². The lowest BCUT2D eigenvalue weighted by atomic mass is 9.98. The van der Waals surface area contributed by atoms with Crippen molar-refractivity contribution < 1.29 is 23.1 Å². The van der Waals surface area contributed by atoms with Crippen LogP contribution in [0, 0.1) is 12.7 Å². The van der Waals surface area contributed by atoms with Crippen LogP contribution in [0.4, 0.5) is 9.52 Å². The van der Waals surface area contributed by atoms with Gasteiger partial charge in [-0.05, 0) is 25.1 Å². The molecule has 160 valence electrons. The molecule has 0 N–H and O–H groups in total. The minimum atomic E-state index is -1.10. The molecule has 0 bridgehead atoms. The van der Waals surface area contributed by atoms with Crippen molar-refractivity contribution in [3.8, 4) is 0 Å². The van der Waals surface area contributed by atoms with Gasteiger partial charge in [-0.15, -0.1) is 0 Å². The highest BCUT2D eigenvalue weighted by Crippen LogP contribution is 2.43. The average Bonchev–Trinajstić information content (AvgIpc) is 3.31. The number of aryl methyl sites for hydroxylation is 1. The molecule has 0 spiro atoms. The van der Waals surface area contributed by atoms with E-state index in [1.165, 1.54) is 30.2 Å². The van der Waals surface area contributed by atoms with E-state index >= 15 is 0 Å². The third-order valence-corrected chi connectivity index (χ3v) is 6.48. The number of hydrogen-bond donors (Lipinski definition) is 0. The van der Waals surface area contributed by atoms with Gasteiger partial charge in [0.15, 0.2) is 10.6 Å². The molecule has 1 amide bonds. The van der Waals surface area contributed by atoms with Crippen molar-refractivity contribution in [2.75, 3.05) is 12.0 Å². The van der Waals surface area contributed by atoms with Crippen LogP contribution in [0.25, 0.3) is 11.0 Å². The summed E-state index contributed by atoms with van der Waals surface area (Å²) in [7, 11) is 1.24. The summed E-state index contributed by atoms with van der Waals surface area (Å²) in [6.07, 6.45) is 0. The molecule has 0 radical (unpaired) electrons.